The van der Waals surface area contributed by atoms with E-state index in [0.717, 1.165) is 26.2 Å². The molecule has 0 atom stereocenters. The number of nitrogens with zero attached hydrogens (tertiary/aromatic N) is 2. The number of thiophene rings is 1. The molecule has 18 heavy (non-hydrogen) atoms. The van der Waals surface area contributed by atoms with Crippen molar-refractivity contribution >= 4 is 40.1 Å². The number of halogens is 1. The van der Waals surface area contributed by atoms with Gasteiger partial charge < -0.3 is 5.73 Å². The van der Waals surface area contributed by atoms with Crippen LogP contribution in [-0.2, 0) is 0 Å². The summed E-state index contributed by atoms with van der Waals surface area (Å²) < 4.78 is 0.764. The standard InChI is InChI=1S/C12H8ClN3S2/c13-10-4-7(5-17-10)9-6-18-12(16-9)8-2-1-3-15-11(8)14/h1-6H,(H2,14,15). The van der Waals surface area contributed by atoms with Crippen LogP contribution in [0.1, 0.15) is 0 Å². The van der Waals surface area contributed by atoms with Crippen molar-refractivity contribution in [2.75, 3.05) is 5.73 Å². The highest BCUT2D eigenvalue weighted by Gasteiger charge is 2.10. The number of thiazole rings is 1. The predicted molar refractivity (Wildman–Crippen MR) is 78.1 cm³/mol. The van der Waals surface area contributed by atoms with Crippen LogP contribution in [0.3, 0.4) is 0 Å². The van der Waals surface area contributed by atoms with Crippen molar-refractivity contribution in [2.45, 2.75) is 0 Å². The van der Waals surface area contributed by atoms with Gasteiger partial charge in [-0.1, -0.05) is 11.6 Å². The zero-order valence-electron chi connectivity index (χ0n) is 9.13. The van der Waals surface area contributed by atoms with E-state index in [-0.39, 0.29) is 0 Å². The number of nitrogen functional groups attached to an aromatic ring is 1. The van der Waals surface area contributed by atoms with Gasteiger partial charge in [0.1, 0.15) is 10.8 Å². The van der Waals surface area contributed by atoms with Crippen molar-refractivity contribution < 1.29 is 0 Å². The molecule has 3 nitrogen and oxygen atoms in total. The molecule has 0 spiro atoms. The maximum absolute atomic E-state index is 5.92. The minimum Gasteiger partial charge on any atom is -0.383 e. The SMILES string of the molecule is Nc1ncccc1-c1nc(-c2csc(Cl)c2)cs1. The molecule has 0 amide bonds. The van der Waals surface area contributed by atoms with Gasteiger partial charge in [0, 0.05) is 22.5 Å². The van der Waals surface area contributed by atoms with Crippen LogP contribution in [-0.4, -0.2) is 9.97 Å². The number of hydrogen-bond donors (Lipinski definition) is 1. The van der Waals surface area contributed by atoms with Gasteiger partial charge in [0.25, 0.3) is 0 Å². The van der Waals surface area contributed by atoms with Crippen LogP contribution in [0.4, 0.5) is 5.82 Å². The summed E-state index contributed by atoms with van der Waals surface area (Å²) in [5, 5.41) is 4.87. The molecule has 0 saturated heterocycles. The van der Waals surface area contributed by atoms with Crippen molar-refractivity contribution in [3.8, 4) is 21.8 Å². The number of hydrogen-bond acceptors (Lipinski definition) is 5. The Kier molecular flexibility index (Phi) is 3.03. The lowest BCUT2D eigenvalue weighted by molar-refractivity contribution is 1.32. The number of anilines is 1. The van der Waals surface area contributed by atoms with Crippen LogP contribution >= 0.6 is 34.3 Å². The van der Waals surface area contributed by atoms with E-state index in [1.54, 1.807) is 17.5 Å². The molecule has 0 fully saturated rings. The smallest absolute Gasteiger partial charge is 0.133 e. The zero-order chi connectivity index (χ0) is 12.5. The quantitative estimate of drug-likeness (QED) is 0.771. The van der Waals surface area contributed by atoms with E-state index in [9.17, 15) is 0 Å². The van der Waals surface area contributed by atoms with Gasteiger partial charge in [0.15, 0.2) is 0 Å². The topological polar surface area (TPSA) is 51.8 Å². The van der Waals surface area contributed by atoms with Crippen LogP contribution in [0, 0.1) is 0 Å². The summed E-state index contributed by atoms with van der Waals surface area (Å²) in [5.41, 5.74) is 8.67. The maximum Gasteiger partial charge on any atom is 0.133 e. The van der Waals surface area contributed by atoms with Crippen molar-refractivity contribution in [3.05, 3.63) is 39.5 Å². The van der Waals surface area contributed by atoms with Gasteiger partial charge in [-0.25, -0.2) is 9.97 Å². The summed E-state index contributed by atoms with van der Waals surface area (Å²) in [6.07, 6.45) is 1.67. The van der Waals surface area contributed by atoms with Gasteiger partial charge >= 0.3 is 0 Å². The molecule has 0 radical (unpaired) electrons. The molecule has 0 aromatic carbocycles. The van der Waals surface area contributed by atoms with Gasteiger partial charge in [-0.3, -0.25) is 0 Å². The number of aromatic nitrogens is 2. The van der Waals surface area contributed by atoms with Crippen molar-refractivity contribution in [3.63, 3.8) is 0 Å². The van der Waals surface area contributed by atoms with Crippen LogP contribution in [0.2, 0.25) is 4.34 Å². The average Bonchev–Trinajstić information content (AvgIpc) is 2.98. The molecule has 6 heteroatoms. The molecule has 3 aromatic rings. The Balaban J connectivity index is 2.02. The fourth-order valence-electron chi connectivity index (χ4n) is 1.57. The normalized spacial score (nSPS) is 10.7. The Morgan fingerprint density at radius 1 is 1.22 bits per heavy atom. The molecule has 0 unspecified atom stereocenters. The summed E-state index contributed by atoms with van der Waals surface area (Å²) in [7, 11) is 0. The van der Waals surface area contributed by atoms with E-state index >= 15 is 0 Å². The minimum absolute atomic E-state index is 0.502. The predicted octanol–water partition coefficient (Wildman–Crippen LogP) is 4.17. The monoisotopic (exact) mass is 293 g/mol. The molecular formula is C12H8ClN3S2. The maximum atomic E-state index is 5.92. The van der Waals surface area contributed by atoms with Crippen LogP contribution in [0.5, 0.6) is 0 Å². The minimum atomic E-state index is 0.502. The van der Waals surface area contributed by atoms with E-state index in [2.05, 4.69) is 9.97 Å². The second kappa shape index (κ2) is 4.68. The Hall–Kier alpha value is -1.43. The van der Waals surface area contributed by atoms with Crippen molar-refractivity contribution in [2.24, 2.45) is 0 Å². The molecule has 0 bridgehead atoms. The Morgan fingerprint density at radius 3 is 2.83 bits per heavy atom. The van der Waals surface area contributed by atoms with Gasteiger partial charge in [-0.2, -0.15) is 0 Å². The number of pyridine rings is 1. The molecule has 0 saturated carbocycles. The highest BCUT2D eigenvalue weighted by Crippen LogP contribution is 2.33. The second-order valence-corrected chi connectivity index (χ2v) is 6.01. The second-order valence-electron chi connectivity index (χ2n) is 3.61. The average molecular weight is 294 g/mol. The van der Waals surface area contributed by atoms with Crippen LogP contribution < -0.4 is 5.73 Å². The third kappa shape index (κ3) is 2.12. The van der Waals surface area contributed by atoms with E-state index in [0.29, 0.717) is 5.82 Å². The lowest BCUT2D eigenvalue weighted by Crippen LogP contribution is -1.92. The first-order chi connectivity index (χ1) is 8.74. The molecule has 0 aliphatic heterocycles. The van der Waals surface area contributed by atoms with E-state index in [1.807, 2.05) is 29.0 Å². The Bertz CT molecular complexity index is 690. The summed E-state index contributed by atoms with van der Waals surface area (Å²) in [6.45, 7) is 0. The van der Waals surface area contributed by atoms with E-state index < -0.39 is 0 Å². The number of nitrogens with two attached hydrogens (primary N) is 1. The van der Waals surface area contributed by atoms with Gasteiger partial charge in [0.05, 0.1) is 15.6 Å². The summed E-state index contributed by atoms with van der Waals surface area (Å²) in [5.74, 6) is 0.502. The largest absolute Gasteiger partial charge is 0.383 e. The van der Waals surface area contributed by atoms with Crippen LogP contribution in [0.15, 0.2) is 35.2 Å². The third-order valence-electron chi connectivity index (χ3n) is 2.44. The van der Waals surface area contributed by atoms with E-state index in [4.69, 9.17) is 17.3 Å². The molecule has 3 heterocycles. The molecule has 3 rings (SSSR count). The molecule has 3 aromatic heterocycles. The van der Waals surface area contributed by atoms with Gasteiger partial charge in [-0.05, 0) is 18.2 Å². The van der Waals surface area contributed by atoms with E-state index in [1.165, 1.54) is 11.3 Å². The fraction of sp³-hybridized carbons (Fsp3) is 0. The molecular weight excluding hydrogens is 286 g/mol. The Morgan fingerprint density at radius 2 is 2.11 bits per heavy atom. The summed E-state index contributed by atoms with van der Waals surface area (Å²) in [6, 6.07) is 5.69. The first-order valence-electron chi connectivity index (χ1n) is 5.15. The Labute approximate surface area is 117 Å². The lowest BCUT2D eigenvalue weighted by Gasteiger charge is -1.98. The van der Waals surface area contributed by atoms with Gasteiger partial charge in [0.2, 0.25) is 0 Å². The summed E-state index contributed by atoms with van der Waals surface area (Å²) >= 11 is 8.98. The zero-order valence-corrected chi connectivity index (χ0v) is 11.5. The first kappa shape index (κ1) is 11.6. The highest BCUT2D eigenvalue weighted by atomic mass is 35.5. The summed E-state index contributed by atoms with van der Waals surface area (Å²) in [4.78, 5) is 8.64. The highest BCUT2D eigenvalue weighted by molar-refractivity contribution is 7.15. The first-order valence-corrected chi connectivity index (χ1v) is 7.28. The molecule has 90 valence electrons. The molecule has 0 aliphatic carbocycles. The van der Waals surface area contributed by atoms with Crippen molar-refractivity contribution in [1.29, 1.82) is 0 Å². The van der Waals surface area contributed by atoms with Crippen LogP contribution in [0.25, 0.3) is 21.8 Å². The molecule has 0 aliphatic rings. The number of rotatable bonds is 2. The molecule has 2 N–H and O–H groups in total. The lowest BCUT2D eigenvalue weighted by atomic mass is 10.2. The third-order valence-corrected chi connectivity index (χ3v) is 4.40. The fourth-order valence-corrected chi connectivity index (χ4v) is 3.31. The van der Waals surface area contributed by atoms with Gasteiger partial charge in [-0.15, -0.1) is 22.7 Å². The van der Waals surface area contributed by atoms with Crippen molar-refractivity contribution in [1.82, 2.24) is 9.97 Å².